The van der Waals surface area contributed by atoms with Crippen molar-refractivity contribution in [2.45, 2.75) is 6.92 Å². The molecule has 1 aromatic rings. The standard InChI is InChI=1S/C15H23FN4O.2ClH/c1-2-19-7-9-20(10-8-19)14-4-3-12(11-13(14)16)15(21)18-6-5-17;;/h3-4,11H,2,5-10,17H2,1H3,(H,18,21);2*1H. The highest BCUT2D eigenvalue weighted by atomic mass is 35.5. The van der Waals surface area contributed by atoms with E-state index in [1.54, 1.807) is 12.1 Å². The summed E-state index contributed by atoms with van der Waals surface area (Å²) >= 11 is 0. The fourth-order valence-electron chi connectivity index (χ4n) is 2.50. The maximum atomic E-state index is 14.2. The highest BCUT2D eigenvalue weighted by Crippen LogP contribution is 2.22. The Hall–Kier alpha value is -1.08. The largest absolute Gasteiger partial charge is 0.367 e. The van der Waals surface area contributed by atoms with E-state index in [0.717, 1.165) is 32.7 Å². The van der Waals surface area contributed by atoms with E-state index in [4.69, 9.17) is 5.73 Å². The third-order valence-corrected chi connectivity index (χ3v) is 3.80. The van der Waals surface area contributed by atoms with Crippen LogP contribution in [0.15, 0.2) is 18.2 Å². The summed E-state index contributed by atoms with van der Waals surface area (Å²) in [6, 6.07) is 4.65. The lowest BCUT2D eigenvalue weighted by molar-refractivity contribution is 0.0954. The highest BCUT2D eigenvalue weighted by molar-refractivity contribution is 5.94. The maximum absolute atomic E-state index is 14.2. The van der Waals surface area contributed by atoms with Crippen molar-refractivity contribution in [2.75, 3.05) is 50.7 Å². The fourth-order valence-corrected chi connectivity index (χ4v) is 2.50. The molecule has 1 saturated heterocycles. The number of hydrogen-bond donors (Lipinski definition) is 2. The Morgan fingerprint density at radius 1 is 1.26 bits per heavy atom. The number of amides is 1. The average molecular weight is 367 g/mol. The van der Waals surface area contributed by atoms with Crippen molar-refractivity contribution in [2.24, 2.45) is 5.73 Å². The van der Waals surface area contributed by atoms with Gasteiger partial charge < -0.3 is 20.9 Å². The summed E-state index contributed by atoms with van der Waals surface area (Å²) < 4.78 is 14.2. The number of nitrogens with two attached hydrogens (primary N) is 1. The number of nitrogens with one attached hydrogen (secondary N) is 1. The van der Waals surface area contributed by atoms with Crippen molar-refractivity contribution in [1.82, 2.24) is 10.2 Å². The van der Waals surface area contributed by atoms with Crippen LogP contribution in [0, 0.1) is 5.82 Å². The molecule has 1 aromatic carbocycles. The van der Waals surface area contributed by atoms with E-state index >= 15 is 0 Å². The number of likely N-dealkylation sites (N-methyl/N-ethyl adjacent to an activating group) is 1. The van der Waals surface area contributed by atoms with Crippen LogP contribution in [0.3, 0.4) is 0 Å². The molecule has 0 spiro atoms. The Morgan fingerprint density at radius 3 is 2.43 bits per heavy atom. The van der Waals surface area contributed by atoms with Gasteiger partial charge in [-0.3, -0.25) is 4.79 Å². The lowest BCUT2D eigenvalue weighted by Gasteiger charge is -2.35. The molecule has 132 valence electrons. The second-order valence-corrected chi connectivity index (χ2v) is 5.13. The number of halogens is 3. The average Bonchev–Trinajstić information content (AvgIpc) is 2.52. The van der Waals surface area contributed by atoms with Gasteiger partial charge in [-0.1, -0.05) is 6.92 Å². The first-order valence-electron chi connectivity index (χ1n) is 7.40. The van der Waals surface area contributed by atoms with Crippen LogP contribution < -0.4 is 16.0 Å². The Kier molecular flexibility index (Phi) is 10.1. The van der Waals surface area contributed by atoms with Crippen LogP contribution in [0.4, 0.5) is 10.1 Å². The number of anilines is 1. The summed E-state index contributed by atoms with van der Waals surface area (Å²) in [4.78, 5) is 16.1. The minimum absolute atomic E-state index is 0. The third-order valence-electron chi connectivity index (χ3n) is 3.80. The Balaban J connectivity index is 0.00000242. The van der Waals surface area contributed by atoms with Crippen LogP contribution >= 0.6 is 24.8 Å². The zero-order chi connectivity index (χ0) is 15.2. The highest BCUT2D eigenvalue weighted by Gasteiger charge is 2.19. The topological polar surface area (TPSA) is 61.6 Å². The Labute approximate surface area is 149 Å². The van der Waals surface area contributed by atoms with Gasteiger partial charge in [-0.2, -0.15) is 0 Å². The molecular formula is C15H25Cl2FN4O. The van der Waals surface area contributed by atoms with Crippen molar-refractivity contribution in [3.05, 3.63) is 29.6 Å². The second-order valence-electron chi connectivity index (χ2n) is 5.13. The molecular weight excluding hydrogens is 342 g/mol. The van der Waals surface area contributed by atoms with Crippen LogP contribution in [-0.2, 0) is 0 Å². The van der Waals surface area contributed by atoms with E-state index in [-0.39, 0.29) is 36.5 Å². The van der Waals surface area contributed by atoms with Gasteiger partial charge in [0, 0.05) is 44.8 Å². The molecule has 1 amide bonds. The molecule has 1 aliphatic rings. The normalized spacial score (nSPS) is 14.7. The monoisotopic (exact) mass is 366 g/mol. The van der Waals surface area contributed by atoms with Crippen molar-refractivity contribution in [3.63, 3.8) is 0 Å². The van der Waals surface area contributed by atoms with Gasteiger partial charge in [-0.25, -0.2) is 4.39 Å². The lowest BCUT2D eigenvalue weighted by atomic mass is 10.1. The first-order valence-corrected chi connectivity index (χ1v) is 7.40. The van der Waals surface area contributed by atoms with E-state index in [1.165, 1.54) is 6.07 Å². The van der Waals surface area contributed by atoms with E-state index in [9.17, 15) is 9.18 Å². The minimum Gasteiger partial charge on any atom is -0.367 e. The van der Waals surface area contributed by atoms with E-state index in [0.29, 0.717) is 24.3 Å². The van der Waals surface area contributed by atoms with Gasteiger partial charge in [0.15, 0.2) is 0 Å². The predicted molar refractivity (Wildman–Crippen MR) is 96.6 cm³/mol. The number of carbonyl (C=O) groups is 1. The molecule has 0 aromatic heterocycles. The van der Waals surface area contributed by atoms with Gasteiger partial charge in [0.2, 0.25) is 0 Å². The summed E-state index contributed by atoms with van der Waals surface area (Å²) in [6.07, 6.45) is 0. The molecule has 23 heavy (non-hydrogen) atoms. The molecule has 2 rings (SSSR count). The van der Waals surface area contributed by atoms with Crippen molar-refractivity contribution < 1.29 is 9.18 Å². The second kappa shape index (κ2) is 10.6. The molecule has 0 atom stereocenters. The van der Waals surface area contributed by atoms with Gasteiger partial charge in [0.05, 0.1) is 5.69 Å². The van der Waals surface area contributed by atoms with Gasteiger partial charge in [0.1, 0.15) is 5.82 Å². The van der Waals surface area contributed by atoms with Crippen LogP contribution in [0.5, 0.6) is 0 Å². The predicted octanol–water partition coefficient (Wildman–Crippen LogP) is 1.50. The number of hydrogen-bond acceptors (Lipinski definition) is 4. The van der Waals surface area contributed by atoms with E-state index in [1.807, 2.05) is 4.90 Å². The molecule has 0 saturated carbocycles. The maximum Gasteiger partial charge on any atom is 0.251 e. The zero-order valence-electron chi connectivity index (χ0n) is 13.3. The fraction of sp³-hybridized carbons (Fsp3) is 0.533. The van der Waals surface area contributed by atoms with Crippen LogP contribution in [-0.4, -0.2) is 56.6 Å². The summed E-state index contributed by atoms with van der Waals surface area (Å²) in [6.45, 7) is 7.41. The third kappa shape index (κ3) is 5.80. The summed E-state index contributed by atoms with van der Waals surface area (Å²) in [7, 11) is 0. The molecule has 3 N–H and O–H groups in total. The number of piperazine rings is 1. The quantitative estimate of drug-likeness (QED) is 0.828. The van der Waals surface area contributed by atoms with Gasteiger partial charge in [-0.05, 0) is 24.7 Å². The van der Waals surface area contributed by atoms with Crippen molar-refractivity contribution in [3.8, 4) is 0 Å². The van der Waals surface area contributed by atoms with Crippen LogP contribution in [0.2, 0.25) is 0 Å². The number of carbonyl (C=O) groups excluding carboxylic acids is 1. The summed E-state index contributed by atoms with van der Waals surface area (Å²) in [5.41, 5.74) is 6.23. The smallest absolute Gasteiger partial charge is 0.251 e. The van der Waals surface area contributed by atoms with Gasteiger partial charge in [0.25, 0.3) is 5.91 Å². The Bertz CT molecular complexity index is 496. The molecule has 1 heterocycles. The van der Waals surface area contributed by atoms with Crippen molar-refractivity contribution in [1.29, 1.82) is 0 Å². The van der Waals surface area contributed by atoms with Gasteiger partial charge >= 0.3 is 0 Å². The molecule has 5 nitrogen and oxygen atoms in total. The number of rotatable bonds is 5. The SMILES string of the molecule is CCN1CCN(c2ccc(C(=O)NCCN)cc2F)CC1.Cl.Cl. The molecule has 0 aliphatic carbocycles. The lowest BCUT2D eigenvalue weighted by Crippen LogP contribution is -2.46. The number of nitrogens with zero attached hydrogens (tertiary/aromatic N) is 2. The van der Waals surface area contributed by atoms with Crippen molar-refractivity contribution >= 4 is 36.4 Å². The molecule has 1 aliphatic heterocycles. The van der Waals surface area contributed by atoms with E-state index < -0.39 is 0 Å². The first kappa shape index (κ1) is 21.9. The van der Waals surface area contributed by atoms with Crippen LogP contribution in [0.1, 0.15) is 17.3 Å². The zero-order valence-corrected chi connectivity index (χ0v) is 14.9. The first-order chi connectivity index (χ1) is 10.2. The molecule has 0 radical (unpaired) electrons. The molecule has 8 heteroatoms. The van der Waals surface area contributed by atoms with E-state index in [2.05, 4.69) is 17.1 Å². The van der Waals surface area contributed by atoms with Gasteiger partial charge in [-0.15, -0.1) is 24.8 Å². The number of benzene rings is 1. The summed E-state index contributed by atoms with van der Waals surface area (Å²) in [5.74, 6) is -0.637. The molecule has 0 bridgehead atoms. The molecule has 1 fully saturated rings. The molecule has 0 unspecified atom stereocenters. The minimum atomic E-state index is -0.347. The Morgan fingerprint density at radius 2 is 1.91 bits per heavy atom. The summed E-state index contributed by atoms with van der Waals surface area (Å²) in [5, 5.41) is 2.64. The van der Waals surface area contributed by atoms with Crippen LogP contribution in [0.25, 0.3) is 0 Å².